The van der Waals surface area contributed by atoms with Crippen LogP contribution in [0.3, 0.4) is 0 Å². The third-order valence-electron chi connectivity index (χ3n) is 16.0. The van der Waals surface area contributed by atoms with E-state index in [-0.39, 0.29) is 89.4 Å². The Kier molecular flexibility index (Phi) is 52.2. The van der Waals surface area contributed by atoms with Gasteiger partial charge in [-0.1, -0.05) is 231 Å². The van der Waals surface area contributed by atoms with Crippen LogP contribution in [0, 0.1) is 68.9 Å². The van der Waals surface area contributed by atoms with Crippen molar-refractivity contribution in [3.05, 3.63) is 429 Å². The maximum absolute atomic E-state index is 12.9. The van der Waals surface area contributed by atoms with Gasteiger partial charge in [-0.15, -0.1) is 12.4 Å². The summed E-state index contributed by atoms with van der Waals surface area (Å²) in [5, 5.41) is 66.2. The molecule has 0 aliphatic heterocycles. The molecule has 0 bridgehead atoms. The standard InChI is InChI=1S/C15H15FN2O.3C15H13FN2.C8H9FN2O.C8H8O3.C7H5FO.C7H9N.CH2O3.ClH.Na/c16-13-8-6-12(7-9-13)14(15(17)19)18-10-11-4-2-1-3-5-11;3*16-14-8-6-13(7-9-14)15(10-17)18-11-12-4-2-1-3-5-12;9-6-3-1-5(2-4-6)7(10)8(11)12;9-7(8(10)11)6-4-2-1-3-5-6;8-7-3-1-6(5-9)2-4-7;8-6-7-4-2-1-3-5-7;2-1-4-3;;/h1-9,14,18H,10H2,(H2,17,19);3*1-9,15,18H,11H2;1-4,7H,10H2,(H2,11,12);1-5,7,9H,(H,10,11);1-5H;1-5H,6,8H2;1,3H;1H;/q;;;;;;;;;;+1/p-1/t14-;2*15-;;2*7-;;;;;/m011.01...../s1. The van der Waals surface area contributed by atoms with Crippen LogP contribution in [0.15, 0.2) is 328 Å². The Morgan fingerprint density at radius 3 is 1.00 bits per heavy atom. The van der Waals surface area contributed by atoms with Gasteiger partial charge in [0.15, 0.2) is 6.04 Å². The van der Waals surface area contributed by atoms with Gasteiger partial charge < -0.3 is 53.4 Å². The number of halogens is 7. The molecule has 20 nitrogen and oxygen atoms in total. The molecule has 12 aromatic carbocycles. The molecule has 12 aromatic rings. The van der Waals surface area contributed by atoms with Crippen LogP contribution in [0.1, 0.15) is 108 Å². The third-order valence-corrected chi connectivity index (χ3v) is 16.0. The Labute approximate surface area is 715 Å². The van der Waals surface area contributed by atoms with Gasteiger partial charge in [-0.3, -0.25) is 35.1 Å². The number of nitrogens with zero attached hydrogens (tertiary/aromatic N) is 3. The van der Waals surface area contributed by atoms with Crippen molar-refractivity contribution in [2.24, 2.45) is 22.9 Å². The van der Waals surface area contributed by atoms with Gasteiger partial charge in [0, 0.05) is 42.9 Å². The average molecular weight is 1650 g/mol. The second-order valence-electron chi connectivity index (χ2n) is 24.4. The molecule has 28 heteroatoms. The summed E-state index contributed by atoms with van der Waals surface area (Å²) in [5.41, 5.74) is 31.1. The number of nitrogens with two attached hydrogens (primary N) is 5. The molecule has 1 unspecified atom stereocenters. The smallest absolute Gasteiger partial charge is 0.662 e. The van der Waals surface area contributed by atoms with Gasteiger partial charge >= 0.3 is 29.6 Å². The van der Waals surface area contributed by atoms with Crippen molar-refractivity contribution in [3.63, 3.8) is 0 Å². The number of carbonyl (C=O) groups excluding carboxylic acids is 5. The van der Waals surface area contributed by atoms with Crippen LogP contribution >= 0.6 is 12.4 Å². The summed E-state index contributed by atoms with van der Waals surface area (Å²) in [6.45, 7) is 2.93. The Morgan fingerprint density at radius 2 is 0.714 bits per heavy atom. The Morgan fingerprint density at radius 1 is 0.420 bits per heavy atom. The minimum absolute atomic E-state index is 0. The van der Waals surface area contributed by atoms with Crippen LogP contribution < -0.4 is 84.1 Å². The van der Waals surface area contributed by atoms with E-state index in [1.807, 2.05) is 157 Å². The number of carboxylic acid groups (broad SMARTS) is 1. The second kappa shape index (κ2) is 60.7. The van der Waals surface area contributed by atoms with Crippen molar-refractivity contribution in [1.82, 2.24) is 16.0 Å². The number of nitriles is 3. The molecule has 0 radical (unpaired) electrons. The van der Waals surface area contributed by atoms with E-state index in [0.717, 1.165) is 39.9 Å². The van der Waals surface area contributed by atoms with Crippen molar-refractivity contribution in [2.75, 3.05) is 0 Å². The van der Waals surface area contributed by atoms with Crippen molar-refractivity contribution < 1.29 is 106 Å². The molecule has 12 rings (SSSR count). The molecule has 0 aliphatic rings. The fraction of sp³-hybridized carbons (Fsp3) is 0.121. The molecule has 2 amide bonds. The minimum atomic E-state index is -1.52. The fourth-order valence-electron chi connectivity index (χ4n) is 9.83. The zero-order chi connectivity index (χ0) is 85.4. The molecule has 0 aromatic heterocycles. The molecule has 119 heavy (non-hydrogen) atoms. The Bertz CT molecular complexity index is 4670. The number of amides is 2. The molecular weight excluding hydrogens is 1560 g/mol. The zero-order valence-corrected chi connectivity index (χ0v) is 67.3. The van der Waals surface area contributed by atoms with E-state index in [9.17, 15) is 50.6 Å². The number of carboxylic acids is 1. The van der Waals surface area contributed by atoms with Crippen molar-refractivity contribution >= 4 is 42.9 Å². The zero-order valence-electron chi connectivity index (χ0n) is 64.4. The molecule has 610 valence electrons. The van der Waals surface area contributed by atoms with E-state index < -0.39 is 48.1 Å². The van der Waals surface area contributed by atoms with Crippen LogP contribution in [0.2, 0.25) is 0 Å². The van der Waals surface area contributed by atoms with Gasteiger partial charge in [0.25, 0.3) is 6.47 Å². The molecule has 0 saturated carbocycles. The summed E-state index contributed by atoms with van der Waals surface area (Å²) in [6, 6.07) is 95.9. The first kappa shape index (κ1) is 102. The largest absolute Gasteiger partial charge is 1.00 e. The maximum Gasteiger partial charge on any atom is 1.00 e. The first-order chi connectivity index (χ1) is 56.5. The molecule has 0 fully saturated rings. The first-order valence-electron chi connectivity index (χ1n) is 35.7. The topological polar surface area (TPSA) is 389 Å². The number of carbonyl (C=O) groups is 5. The molecule has 0 spiro atoms. The maximum atomic E-state index is 12.9. The number of rotatable bonds is 24. The van der Waals surface area contributed by atoms with Crippen LogP contribution in [0.25, 0.3) is 0 Å². The number of aliphatic hydroxyl groups excluding tert-OH is 1. The summed E-state index contributed by atoms with van der Waals surface area (Å²) in [6.07, 6.45) is -0.837. The van der Waals surface area contributed by atoms with Crippen molar-refractivity contribution in [1.29, 1.82) is 15.8 Å². The van der Waals surface area contributed by atoms with Gasteiger partial charge in [-0.2, -0.15) is 15.8 Å². The Balaban J connectivity index is 0.000000463. The number of quaternary nitrogens is 1. The van der Waals surface area contributed by atoms with E-state index in [4.69, 9.17) is 53.9 Å². The monoisotopic (exact) mass is 1650 g/mol. The van der Waals surface area contributed by atoms with E-state index in [0.29, 0.717) is 54.7 Å². The summed E-state index contributed by atoms with van der Waals surface area (Å²) in [4.78, 5) is 53.4. The first-order valence-corrected chi connectivity index (χ1v) is 35.7. The molecular formula is C91H87ClF6N11NaO9. The minimum Gasteiger partial charge on any atom is -0.662 e. The Hall–Kier alpha value is -12.8. The quantitative estimate of drug-likeness (QED) is 0.00895. The van der Waals surface area contributed by atoms with Gasteiger partial charge in [0.05, 0.1) is 18.1 Å². The van der Waals surface area contributed by atoms with E-state index >= 15 is 0 Å². The number of benzene rings is 12. The number of aliphatic hydroxyl groups is 1. The number of hydrogen-bond acceptors (Lipinski definition) is 17. The van der Waals surface area contributed by atoms with Gasteiger partial charge in [0.2, 0.25) is 11.8 Å². The molecule has 0 heterocycles. The molecule has 0 saturated heterocycles. The van der Waals surface area contributed by atoms with Crippen LogP contribution in [-0.2, 0) is 56.8 Å². The van der Waals surface area contributed by atoms with Gasteiger partial charge in [-0.05, 0) is 147 Å². The number of hydrogen-bond donors (Lipinski definition) is 9. The van der Waals surface area contributed by atoms with E-state index in [1.54, 1.807) is 66.7 Å². The second-order valence-corrected chi connectivity index (χ2v) is 24.4. The van der Waals surface area contributed by atoms with Crippen LogP contribution in [-0.4, -0.2) is 35.6 Å². The normalized spacial score (nSPS) is 11.2. The molecule has 6 atom stereocenters. The summed E-state index contributed by atoms with van der Waals surface area (Å²) < 4.78 is 75.8. The number of primary amides is 2. The molecule has 14 N–H and O–H groups in total. The number of aldehydes is 1. The van der Waals surface area contributed by atoms with E-state index in [1.165, 1.54) is 120 Å². The predicted octanol–water partition coefficient (Wildman–Crippen LogP) is 9.08. The summed E-state index contributed by atoms with van der Waals surface area (Å²) in [7, 11) is 0. The van der Waals surface area contributed by atoms with E-state index in [2.05, 4.69) is 39.0 Å². The summed E-state index contributed by atoms with van der Waals surface area (Å²) >= 11 is 0. The number of nitrogens with one attached hydrogen (secondary N) is 3. The van der Waals surface area contributed by atoms with Gasteiger partial charge in [-0.25, -0.2) is 26.3 Å². The van der Waals surface area contributed by atoms with Crippen LogP contribution in [0.4, 0.5) is 26.3 Å². The third kappa shape index (κ3) is 42.6. The summed E-state index contributed by atoms with van der Waals surface area (Å²) in [5.74, 6) is -4.47. The average Bonchev–Trinajstić information content (AvgIpc) is 0.853. The van der Waals surface area contributed by atoms with Crippen molar-refractivity contribution in [2.45, 2.75) is 69.0 Å². The van der Waals surface area contributed by atoms with Crippen LogP contribution in [0.5, 0.6) is 0 Å². The SMILES string of the molecule is Cl.N#CC(NCc1ccccc1)c1ccc(F)cc1.N#C[C@@H](NCc1ccccc1)c1ccc(F)cc1.N#C[C@@H]([NH2+]Cc1ccccc1)c1ccc(F)cc1.NC(=O)[C@@H](N)c1ccc(F)cc1.NC(=O)[C@@H](NCc1ccccc1)c1ccc(F)cc1.NCc1ccccc1.O=C([O-])[C@H](O)c1ccccc1.O=CO[O-].O=Cc1ccc(F)cc1.[Na+]. The fourth-order valence-corrected chi connectivity index (χ4v) is 9.83. The van der Waals surface area contributed by atoms with Gasteiger partial charge in [0.1, 0.15) is 84.1 Å². The number of aliphatic carboxylic acids is 1. The van der Waals surface area contributed by atoms with Crippen molar-refractivity contribution in [3.8, 4) is 18.2 Å². The predicted molar refractivity (Wildman–Crippen MR) is 434 cm³/mol. The molecule has 0 aliphatic carbocycles.